The summed E-state index contributed by atoms with van der Waals surface area (Å²) < 4.78 is 4.85. The number of amides is 2. The molecule has 0 saturated heterocycles. The number of nitrogens with two attached hydrogens (primary N) is 1. The van der Waals surface area contributed by atoms with E-state index in [4.69, 9.17) is 10.5 Å². The smallest absolute Gasteiger partial charge is 0.314 e. The third kappa shape index (κ3) is 4.96. The molecule has 2 N–H and O–H groups in total. The average Bonchev–Trinajstić information content (AvgIpc) is 1.96. The summed E-state index contributed by atoms with van der Waals surface area (Å²) in [5, 5.41) is 0. The molecule has 0 atom stereocenters. The predicted octanol–water partition coefficient (Wildman–Crippen LogP) is 0.670. The molecule has 4 nitrogen and oxygen atoms in total. The molecule has 12 heavy (non-hydrogen) atoms. The molecule has 4 heteroatoms. The third-order valence-corrected chi connectivity index (χ3v) is 1.46. The van der Waals surface area contributed by atoms with E-state index in [9.17, 15) is 4.79 Å². The third-order valence-electron chi connectivity index (χ3n) is 1.46. The Morgan fingerprint density at radius 2 is 2.17 bits per heavy atom. The summed E-state index contributed by atoms with van der Waals surface area (Å²) in [6.45, 7) is 5.89. The van der Waals surface area contributed by atoms with Gasteiger partial charge in [0.15, 0.2) is 0 Å². The van der Waals surface area contributed by atoms with E-state index in [2.05, 4.69) is 0 Å². The molecule has 0 aromatic carbocycles. The predicted molar refractivity (Wildman–Crippen MR) is 47.9 cm³/mol. The van der Waals surface area contributed by atoms with Crippen LogP contribution in [0.4, 0.5) is 4.79 Å². The summed E-state index contributed by atoms with van der Waals surface area (Å²) in [5.74, 6) is 0.439. The van der Waals surface area contributed by atoms with Crippen molar-refractivity contribution in [1.82, 2.24) is 4.90 Å². The molecule has 0 fully saturated rings. The molecule has 0 spiro atoms. The topological polar surface area (TPSA) is 55.6 Å². The zero-order chi connectivity index (χ0) is 9.56. The Bertz CT molecular complexity index is 137. The number of nitrogens with zero attached hydrogens (tertiary/aromatic N) is 1. The van der Waals surface area contributed by atoms with Crippen molar-refractivity contribution in [2.45, 2.75) is 13.8 Å². The zero-order valence-electron chi connectivity index (χ0n) is 8.04. The summed E-state index contributed by atoms with van der Waals surface area (Å²) in [6, 6.07) is -0.374. The van der Waals surface area contributed by atoms with Crippen molar-refractivity contribution in [1.29, 1.82) is 0 Å². The van der Waals surface area contributed by atoms with E-state index in [1.807, 2.05) is 13.8 Å². The van der Waals surface area contributed by atoms with Crippen molar-refractivity contribution in [3.8, 4) is 0 Å². The Morgan fingerprint density at radius 1 is 1.58 bits per heavy atom. The lowest BCUT2D eigenvalue weighted by Crippen LogP contribution is -2.40. The van der Waals surface area contributed by atoms with Crippen molar-refractivity contribution >= 4 is 6.03 Å². The summed E-state index contributed by atoms with van der Waals surface area (Å²) in [5.41, 5.74) is 5.16. The van der Waals surface area contributed by atoms with Crippen molar-refractivity contribution < 1.29 is 9.53 Å². The molecule has 0 aliphatic carbocycles. The standard InChI is InChI=1S/C8H18N2O2/c1-7(2)6-10(8(9)11)4-5-12-3/h7H,4-6H2,1-3H3,(H2,9,11). The van der Waals surface area contributed by atoms with Gasteiger partial charge in [0.05, 0.1) is 6.61 Å². The van der Waals surface area contributed by atoms with E-state index in [0.29, 0.717) is 25.6 Å². The van der Waals surface area contributed by atoms with Crippen molar-refractivity contribution in [2.24, 2.45) is 11.7 Å². The van der Waals surface area contributed by atoms with Crippen LogP contribution in [0.2, 0.25) is 0 Å². The molecule has 0 heterocycles. The molecule has 0 rings (SSSR count). The largest absolute Gasteiger partial charge is 0.383 e. The zero-order valence-corrected chi connectivity index (χ0v) is 8.04. The van der Waals surface area contributed by atoms with E-state index in [-0.39, 0.29) is 6.03 Å². The molecule has 0 aliphatic heterocycles. The Labute approximate surface area is 73.7 Å². The van der Waals surface area contributed by atoms with Crippen molar-refractivity contribution in [2.75, 3.05) is 26.8 Å². The van der Waals surface area contributed by atoms with Gasteiger partial charge in [-0.15, -0.1) is 0 Å². The Morgan fingerprint density at radius 3 is 2.50 bits per heavy atom. The number of hydrogen-bond donors (Lipinski definition) is 1. The van der Waals surface area contributed by atoms with Crippen molar-refractivity contribution in [3.63, 3.8) is 0 Å². The van der Waals surface area contributed by atoms with E-state index in [1.54, 1.807) is 12.0 Å². The van der Waals surface area contributed by atoms with Gasteiger partial charge in [-0.05, 0) is 5.92 Å². The molecule has 0 bridgehead atoms. The minimum absolute atomic E-state index is 0.374. The number of primary amides is 1. The molecule has 0 aromatic heterocycles. The van der Waals surface area contributed by atoms with Crippen LogP contribution in [-0.2, 0) is 4.74 Å². The van der Waals surface area contributed by atoms with E-state index in [1.165, 1.54) is 0 Å². The Kier molecular flexibility index (Phi) is 5.45. The first kappa shape index (κ1) is 11.2. The van der Waals surface area contributed by atoms with Crippen LogP contribution in [0.3, 0.4) is 0 Å². The maximum atomic E-state index is 10.8. The quantitative estimate of drug-likeness (QED) is 0.666. The molecule has 72 valence electrons. The maximum Gasteiger partial charge on any atom is 0.314 e. The molecular formula is C8H18N2O2. The van der Waals surface area contributed by atoms with Crippen LogP contribution in [0.25, 0.3) is 0 Å². The van der Waals surface area contributed by atoms with Gasteiger partial charge in [0.25, 0.3) is 0 Å². The SMILES string of the molecule is COCCN(CC(C)C)C(N)=O. The van der Waals surface area contributed by atoms with Crippen LogP contribution in [0.15, 0.2) is 0 Å². The highest BCUT2D eigenvalue weighted by Crippen LogP contribution is 1.97. The number of methoxy groups -OCH3 is 1. The van der Waals surface area contributed by atoms with Gasteiger partial charge in [-0.2, -0.15) is 0 Å². The van der Waals surface area contributed by atoms with Gasteiger partial charge in [-0.25, -0.2) is 4.79 Å². The second-order valence-corrected chi connectivity index (χ2v) is 3.17. The van der Waals surface area contributed by atoms with Crippen LogP contribution in [0, 0.1) is 5.92 Å². The number of hydrogen-bond acceptors (Lipinski definition) is 2. The summed E-state index contributed by atoms with van der Waals surface area (Å²) in [7, 11) is 1.61. The lowest BCUT2D eigenvalue weighted by molar-refractivity contribution is 0.148. The lowest BCUT2D eigenvalue weighted by atomic mass is 10.2. The fourth-order valence-corrected chi connectivity index (χ4v) is 0.934. The summed E-state index contributed by atoms with van der Waals surface area (Å²) >= 11 is 0. The van der Waals surface area contributed by atoms with Crippen LogP contribution in [0.5, 0.6) is 0 Å². The molecule has 2 amide bonds. The van der Waals surface area contributed by atoms with Crippen LogP contribution in [-0.4, -0.2) is 37.7 Å². The molecule has 0 saturated carbocycles. The first-order valence-electron chi connectivity index (χ1n) is 4.11. The second-order valence-electron chi connectivity index (χ2n) is 3.17. The fraction of sp³-hybridized carbons (Fsp3) is 0.875. The Hall–Kier alpha value is -0.770. The molecule has 0 unspecified atom stereocenters. The minimum atomic E-state index is -0.374. The van der Waals surface area contributed by atoms with Gasteiger partial charge >= 0.3 is 6.03 Å². The first-order chi connectivity index (χ1) is 5.57. The van der Waals surface area contributed by atoms with Gasteiger partial charge in [-0.3, -0.25) is 0 Å². The van der Waals surface area contributed by atoms with Gasteiger partial charge in [0.2, 0.25) is 0 Å². The van der Waals surface area contributed by atoms with Crippen molar-refractivity contribution in [3.05, 3.63) is 0 Å². The number of rotatable bonds is 5. The highest BCUT2D eigenvalue weighted by molar-refractivity contribution is 5.71. The van der Waals surface area contributed by atoms with Gasteiger partial charge < -0.3 is 15.4 Å². The van der Waals surface area contributed by atoms with Gasteiger partial charge in [0.1, 0.15) is 0 Å². The number of carbonyl (C=O) groups is 1. The Balaban J connectivity index is 3.78. The van der Waals surface area contributed by atoms with Crippen LogP contribution in [0.1, 0.15) is 13.8 Å². The molecule has 0 radical (unpaired) electrons. The average molecular weight is 174 g/mol. The second kappa shape index (κ2) is 5.83. The number of urea groups is 1. The van der Waals surface area contributed by atoms with Gasteiger partial charge in [0, 0.05) is 20.2 Å². The number of ether oxygens (including phenoxy) is 1. The summed E-state index contributed by atoms with van der Waals surface area (Å²) in [4.78, 5) is 12.4. The first-order valence-corrected chi connectivity index (χ1v) is 4.11. The lowest BCUT2D eigenvalue weighted by Gasteiger charge is -2.21. The molecule has 0 aliphatic rings. The van der Waals surface area contributed by atoms with Gasteiger partial charge in [-0.1, -0.05) is 13.8 Å². The highest BCUT2D eigenvalue weighted by atomic mass is 16.5. The fourth-order valence-electron chi connectivity index (χ4n) is 0.934. The van der Waals surface area contributed by atoms with Crippen LogP contribution < -0.4 is 5.73 Å². The van der Waals surface area contributed by atoms with E-state index < -0.39 is 0 Å². The minimum Gasteiger partial charge on any atom is -0.383 e. The summed E-state index contributed by atoms with van der Waals surface area (Å²) in [6.07, 6.45) is 0. The maximum absolute atomic E-state index is 10.8. The van der Waals surface area contributed by atoms with E-state index in [0.717, 1.165) is 0 Å². The highest BCUT2D eigenvalue weighted by Gasteiger charge is 2.09. The molecule has 0 aromatic rings. The monoisotopic (exact) mass is 174 g/mol. The number of carbonyl (C=O) groups excluding carboxylic acids is 1. The van der Waals surface area contributed by atoms with E-state index >= 15 is 0 Å². The van der Waals surface area contributed by atoms with Crippen LogP contribution >= 0.6 is 0 Å². The normalized spacial score (nSPS) is 10.3. The molecular weight excluding hydrogens is 156 g/mol.